The minimum absolute atomic E-state index is 0.204. The van der Waals surface area contributed by atoms with Gasteiger partial charge in [-0.1, -0.05) is 30.3 Å². The van der Waals surface area contributed by atoms with Gasteiger partial charge in [0.1, 0.15) is 11.4 Å². The van der Waals surface area contributed by atoms with Crippen LogP contribution < -0.4 is 0 Å². The standard InChI is InChI=1S/C19H21FO/c1-14-5-6-17(13-15(14)2)19(11-3-4-12-21-19)16-7-9-18(20)10-8-16/h5-10,13H,3-4,11-12H2,1-2H3. The maximum Gasteiger partial charge on any atom is 0.123 e. The molecule has 3 rings (SSSR count). The van der Waals surface area contributed by atoms with Crippen molar-refractivity contribution in [1.29, 1.82) is 0 Å². The molecule has 0 bridgehead atoms. The molecule has 1 saturated heterocycles. The summed E-state index contributed by atoms with van der Waals surface area (Å²) in [7, 11) is 0. The lowest BCUT2D eigenvalue weighted by molar-refractivity contribution is -0.0533. The fraction of sp³-hybridized carbons (Fsp3) is 0.368. The van der Waals surface area contributed by atoms with Gasteiger partial charge in [-0.2, -0.15) is 0 Å². The van der Waals surface area contributed by atoms with Crippen LogP contribution in [-0.2, 0) is 10.3 Å². The number of halogens is 1. The molecule has 21 heavy (non-hydrogen) atoms. The third-order valence-corrected chi connectivity index (χ3v) is 4.56. The summed E-state index contributed by atoms with van der Waals surface area (Å²) in [6.07, 6.45) is 3.17. The minimum atomic E-state index is -0.426. The third kappa shape index (κ3) is 2.60. The molecular weight excluding hydrogens is 263 g/mol. The van der Waals surface area contributed by atoms with E-state index in [4.69, 9.17) is 4.74 Å². The number of aryl methyl sites for hydroxylation is 2. The van der Waals surface area contributed by atoms with E-state index in [-0.39, 0.29) is 5.82 Å². The molecule has 110 valence electrons. The van der Waals surface area contributed by atoms with Gasteiger partial charge in [-0.25, -0.2) is 4.39 Å². The molecule has 0 saturated carbocycles. The van der Waals surface area contributed by atoms with E-state index in [2.05, 4.69) is 32.0 Å². The molecule has 1 heterocycles. The average molecular weight is 284 g/mol. The average Bonchev–Trinajstić information content (AvgIpc) is 2.51. The summed E-state index contributed by atoms with van der Waals surface area (Å²) >= 11 is 0. The van der Waals surface area contributed by atoms with Crippen LogP contribution in [0.2, 0.25) is 0 Å². The lowest BCUT2D eigenvalue weighted by Crippen LogP contribution is -2.35. The molecule has 0 aliphatic carbocycles. The van der Waals surface area contributed by atoms with E-state index in [0.29, 0.717) is 0 Å². The van der Waals surface area contributed by atoms with Crippen molar-refractivity contribution >= 4 is 0 Å². The van der Waals surface area contributed by atoms with Crippen molar-refractivity contribution in [3.05, 3.63) is 70.5 Å². The summed E-state index contributed by atoms with van der Waals surface area (Å²) < 4.78 is 19.5. The van der Waals surface area contributed by atoms with Crippen LogP contribution in [0.4, 0.5) is 4.39 Å². The topological polar surface area (TPSA) is 9.23 Å². The van der Waals surface area contributed by atoms with E-state index in [0.717, 1.165) is 31.4 Å². The molecular formula is C19H21FO. The summed E-state index contributed by atoms with van der Waals surface area (Å²) in [4.78, 5) is 0. The molecule has 0 spiro atoms. The van der Waals surface area contributed by atoms with Gasteiger partial charge in [0.25, 0.3) is 0 Å². The van der Waals surface area contributed by atoms with Crippen LogP contribution in [0.5, 0.6) is 0 Å². The number of ether oxygens (including phenoxy) is 1. The zero-order chi connectivity index (χ0) is 14.9. The highest BCUT2D eigenvalue weighted by Gasteiger charge is 2.37. The van der Waals surface area contributed by atoms with Crippen LogP contribution in [0.15, 0.2) is 42.5 Å². The van der Waals surface area contributed by atoms with Crippen molar-refractivity contribution < 1.29 is 9.13 Å². The molecule has 1 aliphatic heterocycles. The van der Waals surface area contributed by atoms with Gasteiger partial charge in [0.05, 0.1) is 0 Å². The van der Waals surface area contributed by atoms with Gasteiger partial charge in [-0.05, 0) is 67.5 Å². The largest absolute Gasteiger partial charge is 0.366 e. The zero-order valence-corrected chi connectivity index (χ0v) is 12.7. The molecule has 0 N–H and O–H groups in total. The molecule has 2 heteroatoms. The second-order valence-electron chi connectivity index (χ2n) is 5.94. The van der Waals surface area contributed by atoms with Crippen molar-refractivity contribution in [2.45, 2.75) is 38.7 Å². The monoisotopic (exact) mass is 284 g/mol. The van der Waals surface area contributed by atoms with Crippen LogP contribution in [-0.4, -0.2) is 6.61 Å². The Labute approximate surface area is 125 Å². The Kier molecular flexibility index (Phi) is 3.81. The fourth-order valence-corrected chi connectivity index (χ4v) is 3.13. The molecule has 0 aromatic heterocycles. The number of hydrogen-bond acceptors (Lipinski definition) is 1. The summed E-state index contributed by atoms with van der Waals surface area (Å²) in [5, 5.41) is 0. The first kappa shape index (κ1) is 14.3. The Hall–Kier alpha value is -1.67. The van der Waals surface area contributed by atoms with E-state index >= 15 is 0 Å². The SMILES string of the molecule is Cc1ccc(C2(c3ccc(F)cc3)CCCCO2)cc1C. The summed E-state index contributed by atoms with van der Waals surface area (Å²) in [5.41, 5.74) is 4.35. The predicted octanol–water partition coefficient (Wildman–Crippen LogP) is 4.89. The van der Waals surface area contributed by atoms with Gasteiger partial charge in [0.2, 0.25) is 0 Å². The highest BCUT2D eigenvalue weighted by Crippen LogP contribution is 2.41. The molecule has 0 amide bonds. The molecule has 0 radical (unpaired) electrons. The van der Waals surface area contributed by atoms with Crippen LogP contribution in [0, 0.1) is 19.7 Å². The van der Waals surface area contributed by atoms with Crippen LogP contribution in [0.3, 0.4) is 0 Å². The molecule has 1 aliphatic rings. The van der Waals surface area contributed by atoms with E-state index in [9.17, 15) is 4.39 Å². The van der Waals surface area contributed by atoms with Crippen molar-refractivity contribution in [2.24, 2.45) is 0 Å². The number of benzene rings is 2. The van der Waals surface area contributed by atoms with Crippen molar-refractivity contribution in [3.8, 4) is 0 Å². The van der Waals surface area contributed by atoms with Crippen molar-refractivity contribution in [1.82, 2.24) is 0 Å². The lowest BCUT2D eigenvalue weighted by atomic mass is 9.79. The van der Waals surface area contributed by atoms with Gasteiger partial charge in [0, 0.05) is 6.61 Å². The summed E-state index contributed by atoms with van der Waals surface area (Å²) in [6, 6.07) is 13.3. The minimum Gasteiger partial charge on any atom is -0.366 e. The fourth-order valence-electron chi connectivity index (χ4n) is 3.13. The van der Waals surface area contributed by atoms with Crippen molar-refractivity contribution in [3.63, 3.8) is 0 Å². The Morgan fingerprint density at radius 2 is 1.62 bits per heavy atom. The van der Waals surface area contributed by atoms with E-state index < -0.39 is 5.60 Å². The van der Waals surface area contributed by atoms with Crippen LogP contribution in [0.1, 0.15) is 41.5 Å². The first-order chi connectivity index (χ1) is 10.1. The zero-order valence-electron chi connectivity index (χ0n) is 12.7. The molecule has 2 aromatic rings. The third-order valence-electron chi connectivity index (χ3n) is 4.56. The van der Waals surface area contributed by atoms with Gasteiger partial charge in [-0.15, -0.1) is 0 Å². The number of rotatable bonds is 2. The summed E-state index contributed by atoms with van der Waals surface area (Å²) in [6.45, 7) is 5.00. The maximum absolute atomic E-state index is 13.3. The molecule has 1 nitrogen and oxygen atoms in total. The summed E-state index contributed by atoms with van der Waals surface area (Å²) in [5.74, 6) is -0.204. The van der Waals surface area contributed by atoms with E-state index in [1.807, 2.05) is 12.1 Å². The first-order valence-electron chi connectivity index (χ1n) is 7.59. The number of hydrogen-bond donors (Lipinski definition) is 0. The van der Waals surface area contributed by atoms with Crippen LogP contribution >= 0.6 is 0 Å². The molecule has 1 unspecified atom stereocenters. The van der Waals surface area contributed by atoms with E-state index in [1.54, 1.807) is 0 Å². The Bertz CT molecular complexity index is 625. The Balaban J connectivity index is 2.12. The molecule has 2 aromatic carbocycles. The molecule has 1 atom stereocenters. The van der Waals surface area contributed by atoms with Gasteiger partial charge >= 0.3 is 0 Å². The quantitative estimate of drug-likeness (QED) is 0.763. The normalized spacial score (nSPS) is 22.2. The lowest BCUT2D eigenvalue weighted by Gasteiger charge is -2.38. The van der Waals surface area contributed by atoms with Crippen molar-refractivity contribution in [2.75, 3.05) is 6.61 Å². The van der Waals surface area contributed by atoms with Crippen LogP contribution in [0.25, 0.3) is 0 Å². The highest BCUT2D eigenvalue weighted by atomic mass is 19.1. The maximum atomic E-state index is 13.3. The second-order valence-corrected chi connectivity index (χ2v) is 5.94. The predicted molar refractivity (Wildman–Crippen MR) is 82.9 cm³/mol. The first-order valence-corrected chi connectivity index (χ1v) is 7.59. The van der Waals surface area contributed by atoms with Gasteiger partial charge < -0.3 is 4.74 Å². The molecule has 1 fully saturated rings. The van der Waals surface area contributed by atoms with Gasteiger partial charge in [-0.3, -0.25) is 0 Å². The smallest absolute Gasteiger partial charge is 0.123 e. The van der Waals surface area contributed by atoms with Gasteiger partial charge in [0.15, 0.2) is 0 Å². The Morgan fingerprint density at radius 1 is 0.905 bits per heavy atom. The highest BCUT2D eigenvalue weighted by molar-refractivity contribution is 5.41. The second kappa shape index (κ2) is 5.61. The van der Waals surface area contributed by atoms with E-state index in [1.165, 1.54) is 28.8 Å². The Morgan fingerprint density at radius 3 is 2.24 bits per heavy atom.